The van der Waals surface area contributed by atoms with Crippen molar-refractivity contribution in [1.82, 2.24) is 0 Å². The summed E-state index contributed by atoms with van der Waals surface area (Å²) in [5, 5.41) is 0. The number of aryl methyl sites for hydroxylation is 4. The summed E-state index contributed by atoms with van der Waals surface area (Å²) in [5.74, 6) is 2.43. The molecule has 0 spiro atoms. The van der Waals surface area contributed by atoms with E-state index < -0.39 is 0 Å². The number of rotatable bonds is 14. The van der Waals surface area contributed by atoms with Crippen molar-refractivity contribution in [3.63, 3.8) is 0 Å². The van der Waals surface area contributed by atoms with Gasteiger partial charge in [-0.25, -0.2) is 0 Å². The van der Waals surface area contributed by atoms with E-state index in [0.717, 1.165) is 24.7 Å². The summed E-state index contributed by atoms with van der Waals surface area (Å²) in [6.45, 7) is 50.3. The van der Waals surface area contributed by atoms with Crippen molar-refractivity contribution in [3.05, 3.63) is 170 Å². The molecule has 1 heteroatoms. The van der Waals surface area contributed by atoms with Gasteiger partial charge in [-0.05, 0) is 181 Å². The van der Waals surface area contributed by atoms with Crippen LogP contribution in [-0.2, 0) is 27.1 Å². The molecule has 6 rings (SSSR count). The summed E-state index contributed by atoms with van der Waals surface area (Å²) in [5.41, 5.74) is 17.4. The molecule has 1 saturated carbocycles. The van der Waals surface area contributed by atoms with Crippen LogP contribution in [0.4, 0.5) is 0 Å². The summed E-state index contributed by atoms with van der Waals surface area (Å²) in [6.07, 6.45) is 13.0. The van der Waals surface area contributed by atoms with Crippen molar-refractivity contribution in [2.45, 2.75) is 255 Å². The van der Waals surface area contributed by atoms with Crippen molar-refractivity contribution >= 4 is 0 Å². The van der Waals surface area contributed by atoms with Crippen LogP contribution in [0.1, 0.15) is 262 Å². The Morgan fingerprint density at radius 3 is 1.10 bits per heavy atom. The topological polar surface area (TPSA) is 9.23 Å². The number of hydrogen-bond acceptors (Lipinski definition) is 1. The van der Waals surface area contributed by atoms with Gasteiger partial charge in [-0.1, -0.05) is 245 Å². The average molecular weight is 966 g/mol. The maximum Gasteiger partial charge on any atom is 0.119 e. The number of ether oxygens (including phenoxy) is 1. The van der Waals surface area contributed by atoms with Crippen molar-refractivity contribution in [3.8, 4) is 5.75 Å². The van der Waals surface area contributed by atoms with Crippen LogP contribution in [0.5, 0.6) is 5.75 Å². The first-order chi connectivity index (χ1) is 33.1. The van der Waals surface area contributed by atoms with Crippen molar-refractivity contribution in [2.75, 3.05) is 6.61 Å². The van der Waals surface area contributed by atoms with Gasteiger partial charge in [0.1, 0.15) is 5.75 Å². The molecule has 0 N–H and O–H groups in total. The summed E-state index contributed by atoms with van der Waals surface area (Å²) < 4.78 is 5.41. The Kier molecular flexibility index (Phi) is 25.7. The van der Waals surface area contributed by atoms with E-state index in [4.69, 9.17) is 4.74 Å². The van der Waals surface area contributed by atoms with Crippen LogP contribution < -0.4 is 4.74 Å². The molecule has 394 valence electrons. The second-order valence-electron chi connectivity index (χ2n) is 24.5. The predicted octanol–water partition coefficient (Wildman–Crippen LogP) is 21.7. The minimum Gasteiger partial charge on any atom is -0.494 e. The average Bonchev–Trinajstić information content (AvgIpc) is 3.35. The molecule has 0 saturated heterocycles. The largest absolute Gasteiger partial charge is 0.494 e. The monoisotopic (exact) mass is 965 g/mol. The van der Waals surface area contributed by atoms with Gasteiger partial charge in [0.25, 0.3) is 0 Å². The lowest BCUT2D eigenvalue weighted by molar-refractivity contribution is 0.340. The third-order valence-corrected chi connectivity index (χ3v) is 16.7. The molecular weight excluding hydrogens is 857 g/mol. The molecule has 1 nitrogen and oxygen atoms in total. The molecule has 0 heterocycles. The summed E-state index contributed by atoms with van der Waals surface area (Å²) >= 11 is 0. The van der Waals surface area contributed by atoms with E-state index in [1.165, 1.54) is 113 Å². The summed E-state index contributed by atoms with van der Waals surface area (Å²) in [6, 6.07) is 40.4. The highest BCUT2D eigenvalue weighted by Gasteiger charge is 2.23. The molecule has 1 fully saturated rings. The lowest BCUT2D eigenvalue weighted by atomic mass is 9.77. The molecule has 1 aliphatic rings. The maximum absolute atomic E-state index is 5.41. The highest BCUT2D eigenvalue weighted by atomic mass is 16.5. The minimum absolute atomic E-state index is 0.269. The zero-order valence-corrected chi connectivity index (χ0v) is 50.2. The molecule has 0 aliphatic heterocycles. The Morgan fingerprint density at radius 1 is 0.423 bits per heavy atom. The molecule has 5 aromatic rings. The fourth-order valence-electron chi connectivity index (χ4n) is 9.38. The first-order valence-corrected chi connectivity index (χ1v) is 28.2. The molecule has 5 aromatic carbocycles. The third-order valence-electron chi connectivity index (χ3n) is 16.7. The molecule has 1 aliphatic carbocycles. The minimum atomic E-state index is 0.269. The van der Waals surface area contributed by atoms with Gasteiger partial charge in [-0.2, -0.15) is 0 Å². The zero-order chi connectivity index (χ0) is 53.8. The van der Waals surface area contributed by atoms with E-state index >= 15 is 0 Å². The van der Waals surface area contributed by atoms with Crippen molar-refractivity contribution in [2.24, 2.45) is 0 Å². The van der Waals surface area contributed by atoms with E-state index in [0.29, 0.717) is 27.6 Å². The molecule has 0 atom stereocenters. The lowest BCUT2D eigenvalue weighted by Gasteiger charge is -2.28. The Balaban J connectivity index is 0.000000306. The molecule has 0 unspecified atom stereocenters. The van der Waals surface area contributed by atoms with E-state index in [-0.39, 0.29) is 5.41 Å². The second-order valence-corrected chi connectivity index (χ2v) is 24.5. The van der Waals surface area contributed by atoms with Crippen LogP contribution >= 0.6 is 0 Å². The third kappa shape index (κ3) is 20.0. The fraction of sp³-hybridized carbons (Fsp3) is 0.571. The highest BCUT2D eigenvalue weighted by molar-refractivity contribution is 5.42. The van der Waals surface area contributed by atoms with Gasteiger partial charge in [-0.15, -0.1) is 0 Å². The first-order valence-electron chi connectivity index (χ1n) is 28.2. The van der Waals surface area contributed by atoms with Gasteiger partial charge >= 0.3 is 0 Å². The fourth-order valence-corrected chi connectivity index (χ4v) is 9.38. The Labute approximate surface area is 440 Å². The number of hydrogen-bond donors (Lipinski definition) is 0. The van der Waals surface area contributed by atoms with Crippen LogP contribution in [-0.4, -0.2) is 6.61 Å². The lowest BCUT2D eigenvalue weighted by Crippen LogP contribution is -2.18. The van der Waals surface area contributed by atoms with Crippen LogP contribution in [0, 0.1) is 27.7 Å². The van der Waals surface area contributed by atoms with Crippen molar-refractivity contribution in [1.29, 1.82) is 0 Å². The van der Waals surface area contributed by atoms with Crippen LogP contribution in [0.15, 0.2) is 109 Å². The van der Waals surface area contributed by atoms with E-state index in [9.17, 15) is 0 Å². The van der Waals surface area contributed by atoms with Gasteiger partial charge in [-0.3, -0.25) is 0 Å². The van der Waals surface area contributed by atoms with Gasteiger partial charge in [0.15, 0.2) is 0 Å². The Hall–Kier alpha value is -4.10. The smallest absolute Gasteiger partial charge is 0.119 e. The molecule has 71 heavy (non-hydrogen) atoms. The van der Waals surface area contributed by atoms with E-state index in [2.05, 4.69) is 255 Å². The molecular formula is C70H108O. The first kappa shape index (κ1) is 63.0. The van der Waals surface area contributed by atoms with Gasteiger partial charge in [0.2, 0.25) is 0 Å². The standard InChI is InChI=1S/C17H26.2C14H22.C13H20O.C12H18/c1-4-17(2,3)16-12-10-15(11-13-16)14-8-6-5-7-9-14;1-7-14(5,6)13-11(3)8-10(2)9-12(13)4;1-6-14(4,5)13-9-7-12(8-10-13)11(2)3;1-5-13(3,4)11-7-9-12(10-8-11)14-6-2;1-5-12(3,4)11-8-6-10(2)7-9-11/h10-14H,4-9H2,1-3H3;8-9H,7H2,1-6H3;7-11H,6H2,1-5H3;7-10H,5-6H2,1-4H3;6-9H,5H2,1-4H3. The van der Waals surface area contributed by atoms with Crippen LogP contribution in [0.2, 0.25) is 0 Å². The van der Waals surface area contributed by atoms with Gasteiger partial charge in [0.05, 0.1) is 6.61 Å². The van der Waals surface area contributed by atoms with Crippen LogP contribution in [0.3, 0.4) is 0 Å². The van der Waals surface area contributed by atoms with E-state index in [1.807, 2.05) is 6.92 Å². The quantitative estimate of drug-likeness (QED) is 0.108. The zero-order valence-electron chi connectivity index (χ0n) is 50.2. The normalized spacial score (nSPS) is 13.3. The highest BCUT2D eigenvalue weighted by Crippen LogP contribution is 2.36. The second kappa shape index (κ2) is 29.0. The molecule has 0 radical (unpaired) electrons. The van der Waals surface area contributed by atoms with Gasteiger partial charge < -0.3 is 4.74 Å². The SMILES string of the molecule is CCC(C)(C)c1c(C)cc(C)cc1C.CCC(C)(C)c1ccc(C(C)C)cc1.CCC(C)(C)c1ccc(C)cc1.CCC(C)(C)c1ccc(C2CCCCC2)cc1.CCOc1ccc(C(C)(C)CC)cc1. The molecule has 0 amide bonds. The van der Waals surface area contributed by atoms with Crippen molar-refractivity contribution < 1.29 is 4.74 Å². The maximum atomic E-state index is 5.41. The Bertz CT molecular complexity index is 2190. The van der Waals surface area contributed by atoms with E-state index in [1.54, 1.807) is 5.56 Å². The predicted molar refractivity (Wildman–Crippen MR) is 319 cm³/mol. The summed E-state index contributed by atoms with van der Waals surface area (Å²) in [4.78, 5) is 0. The van der Waals surface area contributed by atoms with Gasteiger partial charge in [0, 0.05) is 0 Å². The molecule has 0 aromatic heterocycles. The van der Waals surface area contributed by atoms with Crippen LogP contribution in [0.25, 0.3) is 0 Å². The Morgan fingerprint density at radius 2 is 0.761 bits per heavy atom. The summed E-state index contributed by atoms with van der Waals surface area (Å²) in [7, 11) is 0. The molecule has 0 bridgehead atoms. The number of benzene rings is 5.